The van der Waals surface area contributed by atoms with Gasteiger partial charge >= 0.3 is 13.8 Å². The van der Waals surface area contributed by atoms with Crippen LogP contribution in [0.4, 0.5) is 0 Å². The van der Waals surface area contributed by atoms with E-state index in [0.717, 1.165) is 32.1 Å². The van der Waals surface area contributed by atoms with Crippen LogP contribution in [0.3, 0.4) is 0 Å². The van der Waals surface area contributed by atoms with E-state index in [1.807, 2.05) is 21.1 Å². The monoisotopic (exact) mass is 847 g/mol. The van der Waals surface area contributed by atoms with Crippen LogP contribution < -0.4 is 0 Å². The Kier molecular flexibility index (Phi) is 42.8. The van der Waals surface area contributed by atoms with Gasteiger partial charge in [0.25, 0.3) is 0 Å². The van der Waals surface area contributed by atoms with E-state index >= 15 is 0 Å². The molecule has 0 heterocycles. The first-order valence-corrected chi connectivity index (χ1v) is 26.8. The Bertz CT molecular complexity index is 899. The van der Waals surface area contributed by atoms with E-state index in [9.17, 15) is 14.3 Å². The average molecular weight is 847 g/mol. The van der Waals surface area contributed by atoms with E-state index in [1.54, 1.807) is 0 Å². The zero-order chi connectivity index (χ0) is 42.7. The first kappa shape index (κ1) is 57.5. The molecule has 0 saturated heterocycles. The van der Waals surface area contributed by atoms with Crippen molar-refractivity contribution in [2.75, 3.05) is 54.1 Å². The molecule has 0 aliphatic rings. The molecule has 8 nitrogen and oxygen atoms in total. The Morgan fingerprint density at radius 3 is 1.14 bits per heavy atom. The summed E-state index contributed by atoms with van der Waals surface area (Å²) in [6.45, 7) is 5.70. The molecule has 0 aromatic rings. The molecule has 2 atom stereocenters. The fourth-order valence-corrected chi connectivity index (χ4v) is 8.24. The summed E-state index contributed by atoms with van der Waals surface area (Å²) >= 11 is 0. The Balaban J connectivity index is 4.09. The lowest BCUT2D eigenvalue weighted by Crippen LogP contribution is -2.37. The molecule has 2 unspecified atom stereocenters. The van der Waals surface area contributed by atoms with Crippen LogP contribution in [0.25, 0.3) is 0 Å². The molecule has 348 valence electrons. The second kappa shape index (κ2) is 43.2. The molecule has 0 spiro atoms. The molecule has 0 aliphatic heterocycles. The van der Waals surface area contributed by atoms with Crippen molar-refractivity contribution in [1.29, 1.82) is 0 Å². The second-order valence-electron chi connectivity index (χ2n) is 18.6. The third-order valence-corrected chi connectivity index (χ3v) is 12.4. The van der Waals surface area contributed by atoms with Gasteiger partial charge < -0.3 is 18.9 Å². The van der Waals surface area contributed by atoms with Gasteiger partial charge in [0.15, 0.2) is 0 Å². The zero-order valence-electron chi connectivity index (χ0n) is 39.6. The molecule has 58 heavy (non-hydrogen) atoms. The van der Waals surface area contributed by atoms with Gasteiger partial charge in [-0.15, -0.1) is 0 Å². The minimum atomic E-state index is -4.27. The Morgan fingerprint density at radius 1 is 0.466 bits per heavy atom. The molecule has 0 aromatic heterocycles. The van der Waals surface area contributed by atoms with Gasteiger partial charge in [-0.2, -0.15) is 0 Å². The number of hydrogen-bond acceptors (Lipinski definition) is 6. The lowest BCUT2D eigenvalue weighted by molar-refractivity contribution is -0.870. The van der Waals surface area contributed by atoms with Crippen molar-refractivity contribution in [1.82, 2.24) is 0 Å². The number of rotatable bonds is 48. The van der Waals surface area contributed by atoms with E-state index < -0.39 is 13.9 Å². The first-order chi connectivity index (χ1) is 28.1. The van der Waals surface area contributed by atoms with E-state index in [4.69, 9.17) is 18.5 Å². The summed E-state index contributed by atoms with van der Waals surface area (Å²) < 4.78 is 35.1. The molecular formula is C49H101NO7P+. The van der Waals surface area contributed by atoms with Crippen LogP contribution in [0.1, 0.15) is 251 Å². The standard InChI is InChI=1S/C49H100NO7P/c1-6-8-10-12-14-16-18-20-22-24-25-26-27-29-31-33-35-37-39-41-44-54-46-48(47-56-58(52,53)55-45-43-50(3,4)5)57-49(51)42-40-38-36-34-32-30-28-23-21-19-17-15-13-11-9-7-2/h48H,6-47H2,1-5H3/p+1. The molecule has 0 aliphatic carbocycles. The number of ether oxygens (including phenoxy) is 2. The van der Waals surface area contributed by atoms with Gasteiger partial charge in [0, 0.05) is 13.0 Å². The number of quaternary nitrogens is 1. The molecule has 0 aromatic carbocycles. The van der Waals surface area contributed by atoms with Gasteiger partial charge in [0.1, 0.15) is 19.3 Å². The minimum Gasteiger partial charge on any atom is -0.457 e. The number of hydrogen-bond donors (Lipinski definition) is 1. The van der Waals surface area contributed by atoms with Crippen LogP contribution in [0.5, 0.6) is 0 Å². The summed E-state index contributed by atoms with van der Waals surface area (Å²) in [5.41, 5.74) is 0. The molecule has 0 rings (SSSR count). The minimum absolute atomic E-state index is 0.0942. The van der Waals surface area contributed by atoms with Crippen LogP contribution in [0.15, 0.2) is 0 Å². The lowest BCUT2D eigenvalue weighted by Gasteiger charge is -2.24. The van der Waals surface area contributed by atoms with Crippen molar-refractivity contribution in [3.63, 3.8) is 0 Å². The highest BCUT2D eigenvalue weighted by Gasteiger charge is 2.26. The number of phosphoric ester groups is 1. The first-order valence-electron chi connectivity index (χ1n) is 25.3. The largest absolute Gasteiger partial charge is 0.472 e. The molecule has 0 saturated carbocycles. The van der Waals surface area contributed by atoms with E-state index in [1.165, 1.54) is 199 Å². The quantitative estimate of drug-likeness (QED) is 0.0282. The number of esters is 1. The number of carbonyl (C=O) groups excluding carboxylic acids is 1. The van der Waals surface area contributed by atoms with Gasteiger partial charge in [-0.25, -0.2) is 4.57 Å². The SMILES string of the molecule is CCCCCCCCCCCCCCCCCCCCCCOCC(COP(=O)(O)OCC[N+](C)(C)C)OC(=O)CCCCCCCCCCCCCCCCCC. The van der Waals surface area contributed by atoms with Crippen molar-refractivity contribution in [3.05, 3.63) is 0 Å². The highest BCUT2D eigenvalue weighted by molar-refractivity contribution is 7.47. The van der Waals surface area contributed by atoms with Crippen molar-refractivity contribution < 1.29 is 37.3 Å². The Morgan fingerprint density at radius 2 is 0.793 bits per heavy atom. The predicted octanol–water partition coefficient (Wildman–Crippen LogP) is 15.2. The maximum atomic E-state index is 12.7. The number of carbonyl (C=O) groups is 1. The topological polar surface area (TPSA) is 91.3 Å². The number of nitrogens with zero attached hydrogens (tertiary/aromatic N) is 1. The maximum absolute atomic E-state index is 12.7. The third kappa shape index (κ3) is 46.6. The molecule has 9 heteroatoms. The van der Waals surface area contributed by atoms with Crippen LogP contribution in [0, 0.1) is 0 Å². The summed E-state index contributed by atoms with van der Waals surface area (Å²) in [5.74, 6) is -0.305. The molecule has 0 fully saturated rings. The van der Waals surface area contributed by atoms with Crippen molar-refractivity contribution in [2.24, 2.45) is 0 Å². The summed E-state index contributed by atoms with van der Waals surface area (Å²) in [7, 11) is 1.69. The van der Waals surface area contributed by atoms with Crippen LogP contribution in [0.2, 0.25) is 0 Å². The lowest BCUT2D eigenvalue weighted by atomic mass is 10.0. The highest BCUT2D eigenvalue weighted by atomic mass is 31.2. The van der Waals surface area contributed by atoms with Crippen LogP contribution >= 0.6 is 7.82 Å². The Hall–Kier alpha value is -0.500. The summed E-state index contributed by atoms with van der Waals surface area (Å²) in [6.07, 6.45) is 47.1. The molecule has 0 amide bonds. The van der Waals surface area contributed by atoms with Crippen LogP contribution in [-0.4, -0.2) is 75.6 Å². The normalized spacial score (nSPS) is 13.6. The average Bonchev–Trinajstić information content (AvgIpc) is 3.18. The summed E-state index contributed by atoms with van der Waals surface area (Å²) in [5, 5.41) is 0. The zero-order valence-corrected chi connectivity index (χ0v) is 40.5. The van der Waals surface area contributed by atoms with Gasteiger partial charge in [0.2, 0.25) is 0 Å². The van der Waals surface area contributed by atoms with Gasteiger partial charge in [0.05, 0.1) is 34.4 Å². The smallest absolute Gasteiger partial charge is 0.457 e. The van der Waals surface area contributed by atoms with Gasteiger partial charge in [-0.1, -0.05) is 232 Å². The summed E-state index contributed by atoms with van der Waals surface area (Å²) in [6, 6.07) is 0. The van der Waals surface area contributed by atoms with Crippen molar-refractivity contribution >= 4 is 13.8 Å². The maximum Gasteiger partial charge on any atom is 0.472 e. The number of phosphoric acid groups is 1. The van der Waals surface area contributed by atoms with Gasteiger partial charge in [-0.3, -0.25) is 13.8 Å². The van der Waals surface area contributed by atoms with Crippen molar-refractivity contribution in [3.8, 4) is 0 Å². The predicted molar refractivity (Wildman–Crippen MR) is 248 cm³/mol. The fourth-order valence-electron chi connectivity index (χ4n) is 7.50. The molecule has 1 N–H and O–H groups in total. The van der Waals surface area contributed by atoms with Crippen molar-refractivity contribution in [2.45, 2.75) is 258 Å². The van der Waals surface area contributed by atoms with Gasteiger partial charge in [-0.05, 0) is 12.8 Å². The third-order valence-electron chi connectivity index (χ3n) is 11.4. The second-order valence-corrected chi connectivity index (χ2v) is 20.0. The molecule has 0 radical (unpaired) electrons. The highest BCUT2D eigenvalue weighted by Crippen LogP contribution is 2.43. The fraction of sp³-hybridized carbons (Fsp3) is 0.980. The molecule has 0 bridgehead atoms. The van der Waals surface area contributed by atoms with E-state index in [2.05, 4.69) is 13.8 Å². The number of unbranched alkanes of at least 4 members (excludes halogenated alkanes) is 34. The van der Waals surface area contributed by atoms with Crippen LogP contribution in [-0.2, 0) is 27.9 Å². The van der Waals surface area contributed by atoms with E-state index in [0.29, 0.717) is 24.1 Å². The Labute approximate surface area is 361 Å². The summed E-state index contributed by atoms with van der Waals surface area (Å²) in [4.78, 5) is 23.0. The van der Waals surface area contributed by atoms with E-state index in [-0.39, 0.29) is 25.8 Å². The molecular weight excluding hydrogens is 746 g/mol. The number of likely N-dealkylation sites (N-methyl/N-ethyl adjacent to an activating group) is 1.